The van der Waals surface area contributed by atoms with Crippen LogP contribution in [0, 0.1) is 0 Å². The number of hydrogen-bond donors (Lipinski definition) is 1. The van der Waals surface area contributed by atoms with Gasteiger partial charge in [0.15, 0.2) is 5.69 Å². The first-order valence-corrected chi connectivity index (χ1v) is 6.99. The van der Waals surface area contributed by atoms with Gasteiger partial charge in [-0.3, -0.25) is 0 Å². The molecule has 3 nitrogen and oxygen atoms in total. The summed E-state index contributed by atoms with van der Waals surface area (Å²) in [5.41, 5.74) is -0.0486. The smallest absolute Gasteiger partial charge is 0.356 e. The lowest BCUT2D eigenvalue weighted by Crippen LogP contribution is -2.09. The summed E-state index contributed by atoms with van der Waals surface area (Å²) in [7, 11) is 0. The Kier molecular flexibility index (Phi) is 4.29. The maximum absolute atomic E-state index is 10.9. The Balaban J connectivity index is 2.10. The number of aromatic carboxylic acids is 1. The highest BCUT2D eigenvalue weighted by Gasteiger charge is 2.17. The number of halogens is 1. The van der Waals surface area contributed by atoms with Gasteiger partial charge >= 0.3 is 5.97 Å². The van der Waals surface area contributed by atoms with E-state index in [2.05, 4.69) is 4.98 Å². The first-order chi connectivity index (χ1) is 8.16. The lowest BCUT2D eigenvalue weighted by Gasteiger charge is -2.20. The van der Waals surface area contributed by atoms with E-state index >= 15 is 0 Å². The van der Waals surface area contributed by atoms with Gasteiger partial charge in [-0.2, -0.15) is 0 Å². The molecular weight excluding hydrogens is 258 g/mol. The Morgan fingerprint density at radius 3 is 2.71 bits per heavy atom. The molecule has 1 aliphatic rings. The predicted octanol–water partition coefficient (Wildman–Crippen LogP) is 3.86. The Hall–Kier alpha value is -0.740. The molecule has 1 aliphatic carbocycles. The van der Waals surface area contributed by atoms with E-state index in [1.807, 2.05) is 0 Å². The van der Waals surface area contributed by atoms with Gasteiger partial charge in [-0.05, 0) is 25.0 Å². The average Bonchev–Trinajstić information content (AvgIpc) is 2.32. The van der Waals surface area contributed by atoms with Gasteiger partial charge in [0.1, 0.15) is 0 Å². The van der Waals surface area contributed by atoms with Gasteiger partial charge < -0.3 is 5.11 Å². The van der Waals surface area contributed by atoms with E-state index in [0.717, 1.165) is 5.03 Å². The minimum Gasteiger partial charge on any atom is -0.476 e. The van der Waals surface area contributed by atoms with E-state index in [1.54, 1.807) is 23.9 Å². The van der Waals surface area contributed by atoms with Crippen LogP contribution in [0.2, 0.25) is 5.02 Å². The quantitative estimate of drug-likeness (QED) is 0.907. The minimum atomic E-state index is -1.07. The number of rotatable bonds is 3. The molecule has 1 heterocycles. The molecule has 1 aromatic rings. The van der Waals surface area contributed by atoms with Gasteiger partial charge in [0.05, 0.1) is 10.0 Å². The Labute approximate surface area is 110 Å². The van der Waals surface area contributed by atoms with Gasteiger partial charge in [0.2, 0.25) is 0 Å². The number of thioether (sulfide) groups is 1. The maximum atomic E-state index is 10.9. The lowest BCUT2D eigenvalue weighted by atomic mass is 10.0. The summed E-state index contributed by atoms with van der Waals surface area (Å²) >= 11 is 7.45. The van der Waals surface area contributed by atoms with Crippen LogP contribution in [0.5, 0.6) is 0 Å². The fraction of sp³-hybridized carbons (Fsp3) is 0.500. The minimum absolute atomic E-state index is 0.0486. The normalized spacial score (nSPS) is 17.0. The highest BCUT2D eigenvalue weighted by molar-refractivity contribution is 7.99. The first-order valence-electron chi connectivity index (χ1n) is 5.73. The number of aromatic nitrogens is 1. The average molecular weight is 272 g/mol. The van der Waals surface area contributed by atoms with E-state index in [9.17, 15) is 4.79 Å². The van der Waals surface area contributed by atoms with Gasteiger partial charge in [0.25, 0.3) is 0 Å². The molecule has 0 atom stereocenters. The van der Waals surface area contributed by atoms with Crippen LogP contribution in [-0.4, -0.2) is 21.3 Å². The van der Waals surface area contributed by atoms with Crippen molar-refractivity contribution in [1.82, 2.24) is 4.98 Å². The van der Waals surface area contributed by atoms with Crippen molar-refractivity contribution in [3.8, 4) is 0 Å². The van der Waals surface area contributed by atoms with Crippen LogP contribution < -0.4 is 0 Å². The zero-order chi connectivity index (χ0) is 12.3. The zero-order valence-electron chi connectivity index (χ0n) is 9.36. The molecule has 17 heavy (non-hydrogen) atoms. The van der Waals surface area contributed by atoms with Crippen LogP contribution in [0.25, 0.3) is 0 Å². The topological polar surface area (TPSA) is 50.2 Å². The van der Waals surface area contributed by atoms with Crippen molar-refractivity contribution in [3.63, 3.8) is 0 Å². The van der Waals surface area contributed by atoms with E-state index in [-0.39, 0.29) is 10.7 Å². The predicted molar refractivity (Wildman–Crippen MR) is 68.9 cm³/mol. The zero-order valence-corrected chi connectivity index (χ0v) is 10.9. The molecule has 1 aromatic heterocycles. The summed E-state index contributed by atoms with van der Waals surface area (Å²) in [5, 5.41) is 10.5. The Bertz CT molecular complexity index is 419. The monoisotopic (exact) mass is 271 g/mol. The molecule has 1 N–H and O–H groups in total. The molecule has 0 unspecified atom stereocenters. The van der Waals surface area contributed by atoms with Crippen LogP contribution in [0.3, 0.4) is 0 Å². The molecule has 0 saturated heterocycles. The maximum Gasteiger partial charge on any atom is 0.356 e. The largest absolute Gasteiger partial charge is 0.476 e. The first kappa shape index (κ1) is 12.7. The van der Waals surface area contributed by atoms with E-state index in [0.29, 0.717) is 5.25 Å². The molecule has 1 saturated carbocycles. The summed E-state index contributed by atoms with van der Waals surface area (Å²) in [6.45, 7) is 0. The third-order valence-electron chi connectivity index (χ3n) is 2.86. The van der Waals surface area contributed by atoms with Crippen molar-refractivity contribution in [3.05, 3.63) is 22.8 Å². The molecule has 0 spiro atoms. The molecule has 0 amide bonds. The number of carboxylic acid groups (broad SMARTS) is 1. The summed E-state index contributed by atoms with van der Waals surface area (Å²) in [4.78, 5) is 15.0. The molecule has 0 aromatic carbocycles. The second-order valence-electron chi connectivity index (χ2n) is 4.16. The molecule has 92 valence electrons. The van der Waals surface area contributed by atoms with Crippen LogP contribution in [0.4, 0.5) is 0 Å². The molecule has 0 aliphatic heterocycles. The Morgan fingerprint density at radius 1 is 1.35 bits per heavy atom. The van der Waals surface area contributed by atoms with Crippen LogP contribution in [0.1, 0.15) is 42.6 Å². The van der Waals surface area contributed by atoms with Crippen molar-refractivity contribution in [1.29, 1.82) is 0 Å². The number of pyridine rings is 1. The lowest BCUT2D eigenvalue weighted by molar-refractivity contribution is 0.0690. The third-order valence-corrected chi connectivity index (χ3v) is 4.44. The highest BCUT2D eigenvalue weighted by atomic mass is 35.5. The number of carboxylic acids is 1. The molecule has 5 heteroatoms. The summed E-state index contributed by atoms with van der Waals surface area (Å²) < 4.78 is 0. The summed E-state index contributed by atoms with van der Waals surface area (Å²) in [6.07, 6.45) is 6.22. The van der Waals surface area contributed by atoms with Gasteiger partial charge in [-0.25, -0.2) is 9.78 Å². The van der Waals surface area contributed by atoms with Gasteiger partial charge in [-0.1, -0.05) is 30.9 Å². The van der Waals surface area contributed by atoms with Crippen LogP contribution in [-0.2, 0) is 0 Å². The van der Waals surface area contributed by atoms with E-state index in [4.69, 9.17) is 16.7 Å². The number of carbonyl (C=O) groups is 1. The molecule has 1 fully saturated rings. The van der Waals surface area contributed by atoms with Gasteiger partial charge in [0, 0.05) is 5.25 Å². The SMILES string of the molecule is O=C(O)c1nc(SC2CCCCC2)ccc1Cl. The van der Waals surface area contributed by atoms with Crippen molar-refractivity contribution in [2.45, 2.75) is 42.4 Å². The van der Waals surface area contributed by atoms with Crippen molar-refractivity contribution < 1.29 is 9.90 Å². The fourth-order valence-electron chi connectivity index (χ4n) is 1.99. The molecular formula is C12H14ClNO2S. The highest BCUT2D eigenvalue weighted by Crippen LogP contribution is 2.33. The summed E-state index contributed by atoms with van der Waals surface area (Å²) in [6, 6.07) is 3.41. The van der Waals surface area contributed by atoms with E-state index in [1.165, 1.54) is 32.1 Å². The van der Waals surface area contributed by atoms with Crippen molar-refractivity contribution >= 4 is 29.3 Å². The Morgan fingerprint density at radius 2 is 2.06 bits per heavy atom. The summed E-state index contributed by atoms with van der Waals surface area (Å²) in [5.74, 6) is -1.07. The van der Waals surface area contributed by atoms with Crippen molar-refractivity contribution in [2.24, 2.45) is 0 Å². The van der Waals surface area contributed by atoms with Crippen LogP contribution >= 0.6 is 23.4 Å². The third kappa shape index (κ3) is 3.36. The number of hydrogen-bond acceptors (Lipinski definition) is 3. The molecule has 0 bridgehead atoms. The molecule has 2 rings (SSSR count). The van der Waals surface area contributed by atoms with Gasteiger partial charge in [-0.15, -0.1) is 11.8 Å². The number of nitrogens with zero attached hydrogens (tertiary/aromatic N) is 1. The van der Waals surface area contributed by atoms with Crippen LogP contribution in [0.15, 0.2) is 17.2 Å². The van der Waals surface area contributed by atoms with E-state index < -0.39 is 5.97 Å². The second-order valence-corrected chi connectivity index (χ2v) is 5.89. The second kappa shape index (κ2) is 5.74. The molecule has 0 radical (unpaired) electrons. The fourth-order valence-corrected chi connectivity index (χ4v) is 3.38. The standard InChI is InChI=1S/C12H14ClNO2S/c13-9-6-7-10(14-11(9)12(15)16)17-8-4-2-1-3-5-8/h6-8H,1-5H2,(H,15,16). The van der Waals surface area contributed by atoms with Crippen molar-refractivity contribution in [2.75, 3.05) is 0 Å².